The molecule has 0 aromatic carbocycles. The topological polar surface area (TPSA) is 175 Å². The Morgan fingerprint density at radius 1 is 0.831 bits per heavy atom. The number of carbonyl (C=O) groups excluding carboxylic acids is 5. The number of hydrogen-bond donors (Lipinski definition) is 2. The minimum atomic E-state index is -2.83. The van der Waals surface area contributed by atoms with Crippen LogP contribution in [0.5, 0.6) is 0 Å². The van der Waals surface area contributed by atoms with Crippen LogP contribution in [0.25, 0.3) is 0 Å². The second kappa shape index (κ2) is 25.2. The van der Waals surface area contributed by atoms with Gasteiger partial charge in [-0.2, -0.15) is 0 Å². The van der Waals surface area contributed by atoms with Gasteiger partial charge in [-0.1, -0.05) is 78.0 Å². The minimum Gasteiger partial charge on any atom is -0.460 e. The van der Waals surface area contributed by atoms with Crippen molar-refractivity contribution < 1.29 is 57.9 Å². The van der Waals surface area contributed by atoms with Crippen LogP contribution in [0, 0.1) is 41.4 Å². The molecule has 3 fully saturated rings. The monoisotopic (exact) mass is 912 g/mol. The van der Waals surface area contributed by atoms with Crippen LogP contribution in [-0.4, -0.2) is 121 Å². The molecule has 1 amide bonds. The van der Waals surface area contributed by atoms with Gasteiger partial charge in [0, 0.05) is 58.5 Å². The van der Waals surface area contributed by atoms with E-state index in [2.05, 4.69) is 6.92 Å². The molecule has 0 aromatic heterocycles. The lowest BCUT2D eigenvalue weighted by Crippen LogP contribution is -2.62. The summed E-state index contributed by atoms with van der Waals surface area (Å²) in [5.41, 5.74) is 1.27. The predicted octanol–water partition coefficient (Wildman–Crippen LogP) is 7.46. The van der Waals surface area contributed by atoms with E-state index in [0.29, 0.717) is 50.0 Å². The zero-order chi connectivity index (χ0) is 48.2. The molecule has 0 spiro atoms. The summed E-state index contributed by atoms with van der Waals surface area (Å²) in [6.07, 6.45) is 13.1. The quantitative estimate of drug-likeness (QED) is 0.153. The lowest BCUT2D eigenvalue weighted by molar-refractivity contribution is -0.231. The van der Waals surface area contributed by atoms with Crippen LogP contribution in [-0.2, 0) is 47.7 Å². The Balaban J connectivity index is 1.74. The van der Waals surface area contributed by atoms with E-state index in [4.69, 9.17) is 23.7 Å². The van der Waals surface area contributed by atoms with E-state index in [1.807, 2.05) is 58.1 Å². The van der Waals surface area contributed by atoms with Gasteiger partial charge in [-0.25, -0.2) is 4.79 Å². The molecule has 2 N–H and O–H groups in total. The lowest BCUT2D eigenvalue weighted by Gasteiger charge is -2.40. The number of allylic oxidation sites excluding steroid dienone is 6. The normalized spacial score (nSPS) is 40.4. The third kappa shape index (κ3) is 14.3. The maximum atomic E-state index is 14.7. The Hall–Kier alpha value is -3.33. The SMILES string of the molecule is CO[C@H]1C[C@@H]2CC[C@@H](C)C(=O)C(O)(O2)C(=O)N2CCCC[C@H]2C(=O)O[C@H]([C@H](C)C[C@@H]2CCC(C)[C@H](OC)C2)CC(=O)[C@H](C)/C=C(\C)[C@@H](O)[C@@H](OC)C(=O)[C@H](C)C[C@H](C)/C=C/C=C/C=C/1C. The Morgan fingerprint density at radius 3 is 2.23 bits per heavy atom. The van der Waals surface area contributed by atoms with Gasteiger partial charge < -0.3 is 38.8 Å². The number of fused-ring (bicyclic) bond motifs is 3. The number of ketones is 3. The number of cyclic esters (lactones) is 1. The molecule has 3 aliphatic heterocycles. The Labute approximate surface area is 388 Å². The van der Waals surface area contributed by atoms with E-state index >= 15 is 0 Å². The van der Waals surface area contributed by atoms with Crippen LogP contribution in [0.15, 0.2) is 47.6 Å². The van der Waals surface area contributed by atoms with Gasteiger partial charge in [0.1, 0.15) is 30.1 Å². The summed E-state index contributed by atoms with van der Waals surface area (Å²) in [7, 11) is 4.69. The number of esters is 1. The van der Waals surface area contributed by atoms with Crippen LogP contribution >= 0.6 is 0 Å². The summed E-state index contributed by atoms with van der Waals surface area (Å²) in [5, 5.41) is 23.6. The highest BCUT2D eigenvalue weighted by Crippen LogP contribution is 2.37. The first-order valence-electron chi connectivity index (χ1n) is 24.2. The van der Waals surface area contributed by atoms with E-state index in [-0.39, 0.29) is 61.2 Å². The van der Waals surface area contributed by atoms with E-state index in [1.54, 1.807) is 41.1 Å². The Kier molecular flexibility index (Phi) is 21.0. The molecule has 366 valence electrons. The largest absolute Gasteiger partial charge is 0.460 e. The van der Waals surface area contributed by atoms with Crippen molar-refractivity contribution in [1.29, 1.82) is 0 Å². The second-order valence-corrected chi connectivity index (χ2v) is 20.0. The maximum absolute atomic E-state index is 14.7. The molecular weight excluding hydrogens is 831 g/mol. The van der Waals surface area contributed by atoms with Gasteiger partial charge in [0.2, 0.25) is 5.78 Å². The summed E-state index contributed by atoms with van der Waals surface area (Å²) >= 11 is 0. The molecule has 4 rings (SSSR count). The van der Waals surface area contributed by atoms with E-state index in [0.717, 1.165) is 24.8 Å². The van der Waals surface area contributed by atoms with Gasteiger partial charge in [0.15, 0.2) is 5.78 Å². The van der Waals surface area contributed by atoms with Crippen molar-refractivity contribution in [3.8, 4) is 0 Å². The highest BCUT2D eigenvalue weighted by atomic mass is 16.6. The number of Topliss-reactive ketones (excluding diaryl/α,β-unsaturated/α-hetero) is 3. The van der Waals surface area contributed by atoms with Crippen molar-refractivity contribution in [1.82, 2.24) is 4.90 Å². The average molecular weight is 912 g/mol. The van der Waals surface area contributed by atoms with Crippen LogP contribution in [0.2, 0.25) is 0 Å². The number of rotatable bonds is 6. The van der Waals surface area contributed by atoms with Gasteiger partial charge in [-0.15, -0.1) is 0 Å². The maximum Gasteiger partial charge on any atom is 0.329 e. The van der Waals surface area contributed by atoms with E-state index in [9.17, 15) is 34.2 Å². The molecule has 4 aliphatic rings. The first-order valence-corrected chi connectivity index (χ1v) is 24.2. The molecule has 13 nitrogen and oxygen atoms in total. The first kappa shape index (κ1) is 54.3. The van der Waals surface area contributed by atoms with Crippen molar-refractivity contribution in [2.75, 3.05) is 27.9 Å². The predicted molar refractivity (Wildman–Crippen MR) is 248 cm³/mol. The smallest absolute Gasteiger partial charge is 0.329 e. The summed E-state index contributed by atoms with van der Waals surface area (Å²) in [6, 6.07) is -1.12. The zero-order valence-electron chi connectivity index (χ0n) is 41.2. The minimum absolute atomic E-state index is 0.0258. The number of aliphatic hydroxyl groups excluding tert-OH is 1. The molecular formula is C52H81NO12. The molecule has 3 heterocycles. The molecule has 15 atom stereocenters. The van der Waals surface area contributed by atoms with Crippen LogP contribution in [0.4, 0.5) is 0 Å². The number of ether oxygens (including phenoxy) is 5. The van der Waals surface area contributed by atoms with Gasteiger partial charge in [-0.05, 0) is 113 Å². The molecule has 13 heteroatoms. The van der Waals surface area contributed by atoms with Gasteiger partial charge in [-0.3, -0.25) is 19.2 Å². The summed E-state index contributed by atoms with van der Waals surface area (Å²) in [4.78, 5) is 72.2. The third-order valence-corrected chi connectivity index (χ3v) is 14.7. The molecule has 2 bridgehead atoms. The molecule has 2 unspecified atom stereocenters. The molecule has 65 heavy (non-hydrogen) atoms. The fourth-order valence-electron chi connectivity index (χ4n) is 10.3. The van der Waals surface area contributed by atoms with Crippen LogP contribution in [0.3, 0.4) is 0 Å². The molecule has 1 saturated carbocycles. The van der Waals surface area contributed by atoms with Crippen molar-refractivity contribution in [3.05, 3.63) is 47.6 Å². The summed E-state index contributed by atoms with van der Waals surface area (Å²) in [5.74, 6) is -7.13. The lowest BCUT2D eigenvalue weighted by atomic mass is 9.76. The number of carbonyl (C=O) groups is 5. The second-order valence-electron chi connectivity index (χ2n) is 20.0. The van der Waals surface area contributed by atoms with Crippen molar-refractivity contribution in [2.45, 2.75) is 181 Å². The molecule has 0 radical (unpaired) electrons. The fourth-order valence-corrected chi connectivity index (χ4v) is 10.3. The van der Waals surface area contributed by atoms with Crippen molar-refractivity contribution >= 4 is 29.2 Å². The highest BCUT2D eigenvalue weighted by Gasteiger charge is 2.55. The first-order chi connectivity index (χ1) is 30.7. The van der Waals surface area contributed by atoms with Crippen LogP contribution < -0.4 is 0 Å². The average Bonchev–Trinajstić information content (AvgIpc) is 3.39. The standard InChI is InChI=1S/C52H81NO12/c1-31-17-13-12-14-18-32(2)44(62-10)29-40-23-21-34(4)49(57)52(60,65-40)51(59)53-24-16-15-19-41(53)50(58)64-45(36(6)27-39-22-20-33(3)43(28-39)61-9)30-42(54)35(5)26-38(8)47(56)48(63-11)46(55)37(7)25-31/h12-14,17-18,26,31,33-37,39-41,43-45,47-48,56,60H,15-16,19-25,27-30H2,1-11H3/b14-12+,17-13+,32-18+,38-26+/t31-,33?,34-,35-,36-,37-,39+,40+,41+,43-,44+,45+,47-,48+,52?/m1/s1. The van der Waals surface area contributed by atoms with E-state index < -0.39 is 77.8 Å². The molecule has 2 saturated heterocycles. The van der Waals surface area contributed by atoms with E-state index in [1.165, 1.54) is 12.0 Å². The fraction of sp³-hybridized carbons (Fsp3) is 0.750. The van der Waals surface area contributed by atoms with Crippen molar-refractivity contribution in [2.24, 2.45) is 41.4 Å². The number of amides is 1. The van der Waals surface area contributed by atoms with Gasteiger partial charge >= 0.3 is 11.8 Å². The number of nitrogens with zero attached hydrogens (tertiary/aromatic N) is 1. The summed E-state index contributed by atoms with van der Waals surface area (Å²) < 4.78 is 29.8. The van der Waals surface area contributed by atoms with Gasteiger partial charge in [0.05, 0.1) is 18.3 Å². The zero-order valence-corrected chi connectivity index (χ0v) is 41.2. The third-order valence-electron chi connectivity index (χ3n) is 14.7. The molecule has 1 aliphatic carbocycles. The molecule has 0 aromatic rings. The van der Waals surface area contributed by atoms with Crippen LogP contribution in [0.1, 0.15) is 132 Å². The number of aliphatic hydroxyl groups is 2. The summed E-state index contributed by atoms with van der Waals surface area (Å²) in [6.45, 7) is 15.1. The number of hydrogen-bond acceptors (Lipinski definition) is 12. The Morgan fingerprint density at radius 2 is 1.55 bits per heavy atom. The van der Waals surface area contributed by atoms with Crippen molar-refractivity contribution in [3.63, 3.8) is 0 Å². The van der Waals surface area contributed by atoms with Gasteiger partial charge in [0.25, 0.3) is 5.91 Å². The number of piperidine rings is 1. The Bertz CT molecular complexity index is 1750. The highest BCUT2D eigenvalue weighted by molar-refractivity contribution is 6.09. The number of methoxy groups -OCH3 is 3.